The lowest BCUT2D eigenvalue weighted by Gasteiger charge is -2.17. The fraction of sp³-hybridized carbons (Fsp3) is 0.294. The lowest BCUT2D eigenvalue weighted by molar-refractivity contribution is 0.604. The molecule has 0 bridgehead atoms. The van der Waals surface area contributed by atoms with Gasteiger partial charge in [0.2, 0.25) is 0 Å². The van der Waals surface area contributed by atoms with Crippen LogP contribution in [0.3, 0.4) is 0 Å². The average molecular weight is 296 g/mol. The first-order chi connectivity index (χ1) is 10.7. The average Bonchev–Trinajstić information content (AvgIpc) is 2.56. The second kappa shape index (κ2) is 6.12. The van der Waals surface area contributed by atoms with E-state index in [-0.39, 0.29) is 12.2 Å². The normalized spacial score (nSPS) is 14.6. The standard InChI is InChI=1S/C17H17FN4/c18-14-9-12(4-3-11(14)8-13(20)10-19)15-5-6-16-17(22-15)2-1-7-21-16/h3-6,9,13,21H,1-2,7-8,20H2/t13-/m0/s1. The van der Waals surface area contributed by atoms with Crippen molar-refractivity contribution in [2.24, 2.45) is 5.73 Å². The van der Waals surface area contributed by atoms with E-state index in [1.807, 2.05) is 24.3 Å². The maximum absolute atomic E-state index is 14.2. The van der Waals surface area contributed by atoms with Gasteiger partial charge >= 0.3 is 0 Å². The third kappa shape index (κ3) is 2.92. The van der Waals surface area contributed by atoms with Gasteiger partial charge in [-0.2, -0.15) is 5.26 Å². The summed E-state index contributed by atoms with van der Waals surface area (Å²) in [6.07, 6.45) is 2.21. The molecule has 1 aliphatic rings. The van der Waals surface area contributed by atoms with Crippen molar-refractivity contribution in [2.75, 3.05) is 11.9 Å². The van der Waals surface area contributed by atoms with Gasteiger partial charge < -0.3 is 11.1 Å². The minimum Gasteiger partial charge on any atom is -0.384 e. The number of fused-ring (bicyclic) bond motifs is 1. The number of hydrogen-bond donors (Lipinski definition) is 2. The zero-order valence-corrected chi connectivity index (χ0v) is 12.1. The second-order valence-corrected chi connectivity index (χ2v) is 5.47. The number of hydrogen-bond acceptors (Lipinski definition) is 4. The molecule has 1 aliphatic heterocycles. The van der Waals surface area contributed by atoms with Crippen LogP contribution in [0.5, 0.6) is 0 Å². The first kappa shape index (κ1) is 14.5. The molecular formula is C17H17FN4. The Morgan fingerprint density at radius 1 is 1.36 bits per heavy atom. The summed E-state index contributed by atoms with van der Waals surface area (Å²) in [6.45, 7) is 0.969. The molecule has 0 aliphatic carbocycles. The van der Waals surface area contributed by atoms with Gasteiger partial charge in [-0.15, -0.1) is 0 Å². The highest BCUT2D eigenvalue weighted by atomic mass is 19.1. The van der Waals surface area contributed by atoms with Gasteiger partial charge in [-0.1, -0.05) is 12.1 Å². The number of pyridine rings is 1. The minimum atomic E-state index is -0.687. The van der Waals surface area contributed by atoms with E-state index in [0.717, 1.165) is 42.0 Å². The van der Waals surface area contributed by atoms with Crippen LogP contribution in [-0.4, -0.2) is 17.6 Å². The van der Waals surface area contributed by atoms with Crippen molar-refractivity contribution in [2.45, 2.75) is 25.3 Å². The summed E-state index contributed by atoms with van der Waals surface area (Å²) in [5, 5.41) is 12.0. The number of aromatic nitrogens is 1. The van der Waals surface area contributed by atoms with Crippen molar-refractivity contribution < 1.29 is 4.39 Å². The summed E-state index contributed by atoms with van der Waals surface area (Å²) in [5.41, 5.74) is 9.60. The molecule has 3 N–H and O–H groups in total. The molecule has 5 heteroatoms. The first-order valence-corrected chi connectivity index (χ1v) is 7.35. The van der Waals surface area contributed by atoms with Gasteiger partial charge in [0.05, 0.1) is 29.2 Å². The summed E-state index contributed by atoms with van der Waals surface area (Å²) in [4.78, 5) is 4.63. The fourth-order valence-electron chi connectivity index (χ4n) is 2.65. The predicted octanol–water partition coefficient (Wildman–Crippen LogP) is 2.64. The Bertz CT molecular complexity index is 736. The second-order valence-electron chi connectivity index (χ2n) is 5.47. The monoisotopic (exact) mass is 296 g/mol. The molecular weight excluding hydrogens is 279 g/mol. The van der Waals surface area contributed by atoms with Gasteiger partial charge in [-0.05, 0) is 36.6 Å². The topological polar surface area (TPSA) is 74.7 Å². The first-order valence-electron chi connectivity index (χ1n) is 7.35. The van der Waals surface area contributed by atoms with Gasteiger partial charge in [-0.3, -0.25) is 4.98 Å². The van der Waals surface area contributed by atoms with Crippen LogP contribution in [0.2, 0.25) is 0 Å². The van der Waals surface area contributed by atoms with Crippen LogP contribution < -0.4 is 11.1 Å². The molecule has 0 saturated heterocycles. The molecule has 1 atom stereocenters. The maximum Gasteiger partial charge on any atom is 0.127 e. The number of nitrogens with zero attached hydrogens (tertiary/aromatic N) is 2. The molecule has 0 saturated carbocycles. The molecule has 0 fully saturated rings. The van der Waals surface area contributed by atoms with Crippen molar-refractivity contribution in [1.82, 2.24) is 4.98 Å². The predicted molar refractivity (Wildman–Crippen MR) is 83.7 cm³/mol. The third-order valence-corrected chi connectivity index (χ3v) is 3.83. The van der Waals surface area contributed by atoms with E-state index < -0.39 is 6.04 Å². The van der Waals surface area contributed by atoms with Gasteiger partial charge in [0.15, 0.2) is 0 Å². The third-order valence-electron chi connectivity index (χ3n) is 3.83. The van der Waals surface area contributed by atoms with E-state index in [0.29, 0.717) is 5.56 Å². The molecule has 22 heavy (non-hydrogen) atoms. The lowest BCUT2D eigenvalue weighted by Crippen LogP contribution is -2.20. The number of rotatable bonds is 3. The number of nitrogens with one attached hydrogen (secondary N) is 1. The molecule has 0 spiro atoms. The quantitative estimate of drug-likeness (QED) is 0.913. The Morgan fingerprint density at radius 2 is 2.23 bits per heavy atom. The number of aryl methyl sites for hydroxylation is 1. The highest BCUT2D eigenvalue weighted by molar-refractivity contribution is 5.64. The van der Waals surface area contributed by atoms with Crippen molar-refractivity contribution in [3.8, 4) is 17.3 Å². The Morgan fingerprint density at radius 3 is 3.00 bits per heavy atom. The number of benzene rings is 1. The van der Waals surface area contributed by atoms with Crippen LogP contribution >= 0.6 is 0 Å². The van der Waals surface area contributed by atoms with Gasteiger partial charge in [-0.25, -0.2) is 4.39 Å². The SMILES string of the molecule is N#C[C@@H](N)Cc1ccc(-c2ccc3c(n2)CCCN3)cc1F. The van der Waals surface area contributed by atoms with E-state index >= 15 is 0 Å². The Hall–Kier alpha value is -2.45. The molecule has 0 amide bonds. The van der Waals surface area contributed by atoms with E-state index in [2.05, 4.69) is 10.3 Å². The van der Waals surface area contributed by atoms with Gasteiger partial charge in [0.25, 0.3) is 0 Å². The molecule has 2 aromatic rings. The summed E-state index contributed by atoms with van der Waals surface area (Å²) in [5.74, 6) is -0.346. The van der Waals surface area contributed by atoms with E-state index in [1.54, 1.807) is 6.07 Å². The maximum atomic E-state index is 14.2. The molecule has 2 heterocycles. The zero-order valence-electron chi connectivity index (χ0n) is 12.1. The fourth-order valence-corrected chi connectivity index (χ4v) is 2.65. The summed E-state index contributed by atoms with van der Waals surface area (Å²) >= 11 is 0. The van der Waals surface area contributed by atoms with Crippen LogP contribution in [0, 0.1) is 17.1 Å². The zero-order chi connectivity index (χ0) is 15.5. The van der Waals surface area contributed by atoms with E-state index in [9.17, 15) is 4.39 Å². The van der Waals surface area contributed by atoms with Gasteiger partial charge in [0, 0.05) is 18.5 Å². The molecule has 112 valence electrons. The van der Waals surface area contributed by atoms with Crippen LogP contribution in [0.25, 0.3) is 11.3 Å². The molecule has 0 radical (unpaired) electrons. The number of nitrogens with two attached hydrogens (primary N) is 1. The molecule has 1 aromatic heterocycles. The number of nitriles is 1. The minimum absolute atomic E-state index is 0.212. The van der Waals surface area contributed by atoms with Crippen LogP contribution in [0.15, 0.2) is 30.3 Å². The van der Waals surface area contributed by atoms with Crippen LogP contribution in [0.4, 0.5) is 10.1 Å². The Balaban J connectivity index is 1.89. The largest absolute Gasteiger partial charge is 0.384 e. The molecule has 3 rings (SSSR count). The highest BCUT2D eigenvalue weighted by Crippen LogP contribution is 2.26. The lowest BCUT2D eigenvalue weighted by atomic mass is 10.0. The Labute approximate surface area is 128 Å². The molecule has 4 nitrogen and oxygen atoms in total. The van der Waals surface area contributed by atoms with Crippen molar-refractivity contribution in [1.29, 1.82) is 5.26 Å². The van der Waals surface area contributed by atoms with Crippen molar-refractivity contribution in [3.63, 3.8) is 0 Å². The Kier molecular flexibility index (Phi) is 4.03. The number of halogens is 1. The summed E-state index contributed by atoms with van der Waals surface area (Å²) in [7, 11) is 0. The molecule has 0 unspecified atom stereocenters. The molecule has 1 aromatic carbocycles. The van der Waals surface area contributed by atoms with Crippen molar-refractivity contribution >= 4 is 5.69 Å². The van der Waals surface area contributed by atoms with E-state index in [1.165, 1.54) is 6.07 Å². The van der Waals surface area contributed by atoms with Crippen molar-refractivity contribution in [3.05, 3.63) is 47.4 Å². The summed E-state index contributed by atoms with van der Waals surface area (Å²) < 4.78 is 14.2. The summed E-state index contributed by atoms with van der Waals surface area (Å²) in [6, 6.07) is 10.1. The highest BCUT2D eigenvalue weighted by Gasteiger charge is 2.13. The van der Waals surface area contributed by atoms with E-state index in [4.69, 9.17) is 11.0 Å². The van der Waals surface area contributed by atoms with Crippen LogP contribution in [0.1, 0.15) is 17.7 Å². The van der Waals surface area contributed by atoms with Crippen LogP contribution in [-0.2, 0) is 12.8 Å². The van der Waals surface area contributed by atoms with Gasteiger partial charge in [0.1, 0.15) is 5.82 Å². The smallest absolute Gasteiger partial charge is 0.127 e. The number of anilines is 1.